The van der Waals surface area contributed by atoms with E-state index >= 15 is 0 Å². The molecule has 1 rings (SSSR count). The number of pyridine rings is 1. The summed E-state index contributed by atoms with van der Waals surface area (Å²) >= 11 is 0. The first-order chi connectivity index (χ1) is 8.04. The van der Waals surface area contributed by atoms with Gasteiger partial charge in [0.05, 0.1) is 12.1 Å². The molecule has 0 saturated heterocycles. The second-order valence-electron chi connectivity index (χ2n) is 3.75. The van der Waals surface area contributed by atoms with E-state index in [9.17, 15) is 9.59 Å². The molecule has 5 heteroatoms. The second-order valence-corrected chi connectivity index (χ2v) is 3.75. The summed E-state index contributed by atoms with van der Waals surface area (Å²) in [5.41, 5.74) is 1.63. The number of hydrogen-bond acceptors (Lipinski definition) is 3. The monoisotopic (exact) mass is 236 g/mol. The molecule has 0 aliphatic carbocycles. The molecule has 0 fully saturated rings. The van der Waals surface area contributed by atoms with Crippen LogP contribution in [0.15, 0.2) is 18.3 Å². The number of aryl methyl sites for hydroxylation is 1. The minimum Gasteiger partial charge on any atom is -0.480 e. The van der Waals surface area contributed by atoms with Crippen molar-refractivity contribution in [2.75, 3.05) is 13.1 Å². The van der Waals surface area contributed by atoms with Gasteiger partial charge in [0, 0.05) is 12.7 Å². The van der Waals surface area contributed by atoms with Crippen LogP contribution in [-0.2, 0) is 16.0 Å². The SMILES string of the molecule is CCN(CC(=O)O)C(=O)Cc1ncccc1C. The third kappa shape index (κ3) is 3.86. The molecule has 0 spiro atoms. The maximum Gasteiger partial charge on any atom is 0.323 e. The Hall–Kier alpha value is -1.91. The molecule has 1 amide bonds. The van der Waals surface area contributed by atoms with Crippen LogP contribution in [0.25, 0.3) is 0 Å². The van der Waals surface area contributed by atoms with Gasteiger partial charge in [0.15, 0.2) is 0 Å². The molecule has 0 unspecified atom stereocenters. The van der Waals surface area contributed by atoms with Gasteiger partial charge in [-0.05, 0) is 25.5 Å². The van der Waals surface area contributed by atoms with Crippen LogP contribution in [0.1, 0.15) is 18.2 Å². The van der Waals surface area contributed by atoms with Crippen LogP contribution in [0, 0.1) is 6.92 Å². The van der Waals surface area contributed by atoms with Crippen molar-refractivity contribution < 1.29 is 14.7 Å². The first-order valence-corrected chi connectivity index (χ1v) is 5.44. The van der Waals surface area contributed by atoms with E-state index in [0.717, 1.165) is 5.56 Å². The molecule has 17 heavy (non-hydrogen) atoms. The lowest BCUT2D eigenvalue weighted by atomic mass is 10.1. The number of hydrogen-bond donors (Lipinski definition) is 1. The maximum absolute atomic E-state index is 11.9. The molecular formula is C12H16N2O3. The molecule has 5 nitrogen and oxygen atoms in total. The third-order valence-electron chi connectivity index (χ3n) is 2.50. The van der Waals surface area contributed by atoms with Crippen LogP contribution in [0.5, 0.6) is 0 Å². The Morgan fingerprint density at radius 2 is 2.18 bits per heavy atom. The van der Waals surface area contributed by atoms with E-state index in [-0.39, 0.29) is 18.9 Å². The summed E-state index contributed by atoms with van der Waals surface area (Å²) in [6.07, 6.45) is 1.77. The normalized spacial score (nSPS) is 10.0. The lowest BCUT2D eigenvalue weighted by Crippen LogP contribution is -2.36. The van der Waals surface area contributed by atoms with Gasteiger partial charge in [-0.15, -0.1) is 0 Å². The number of amides is 1. The Bertz CT molecular complexity index is 418. The van der Waals surface area contributed by atoms with Gasteiger partial charge in [-0.25, -0.2) is 0 Å². The van der Waals surface area contributed by atoms with Crippen molar-refractivity contribution >= 4 is 11.9 Å². The molecule has 0 radical (unpaired) electrons. The highest BCUT2D eigenvalue weighted by atomic mass is 16.4. The van der Waals surface area contributed by atoms with Crippen LogP contribution in [0.2, 0.25) is 0 Å². The quantitative estimate of drug-likeness (QED) is 0.823. The van der Waals surface area contributed by atoms with Crippen molar-refractivity contribution in [1.29, 1.82) is 0 Å². The van der Waals surface area contributed by atoms with Crippen LogP contribution < -0.4 is 0 Å². The van der Waals surface area contributed by atoms with Gasteiger partial charge in [0.25, 0.3) is 0 Å². The lowest BCUT2D eigenvalue weighted by molar-refractivity contribution is -0.144. The fraction of sp³-hybridized carbons (Fsp3) is 0.417. The number of carboxylic acid groups (broad SMARTS) is 1. The Balaban J connectivity index is 2.71. The van der Waals surface area contributed by atoms with Crippen molar-refractivity contribution in [3.05, 3.63) is 29.6 Å². The number of carboxylic acids is 1. The molecule has 0 atom stereocenters. The Morgan fingerprint density at radius 3 is 2.71 bits per heavy atom. The van der Waals surface area contributed by atoms with Crippen molar-refractivity contribution in [3.63, 3.8) is 0 Å². The fourth-order valence-corrected chi connectivity index (χ4v) is 1.50. The van der Waals surface area contributed by atoms with E-state index in [0.29, 0.717) is 12.2 Å². The number of nitrogens with zero attached hydrogens (tertiary/aromatic N) is 2. The largest absolute Gasteiger partial charge is 0.480 e. The zero-order valence-corrected chi connectivity index (χ0v) is 10.0. The molecule has 0 bridgehead atoms. The van der Waals surface area contributed by atoms with Gasteiger partial charge < -0.3 is 10.0 Å². The first kappa shape index (κ1) is 13.2. The van der Waals surface area contributed by atoms with Gasteiger partial charge in [0.2, 0.25) is 5.91 Å². The number of carbonyl (C=O) groups is 2. The summed E-state index contributed by atoms with van der Waals surface area (Å²) in [6.45, 7) is 3.76. The highest BCUT2D eigenvalue weighted by Crippen LogP contribution is 2.06. The predicted octanol–water partition coefficient (Wildman–Crippen LogP) is 0.866. The number of aromatic nitrogens is 1. The molecule has 0 aromatic carbocycles. The van der Waals surface area contributed by atoms with Crippen molar-refractivity contribution in [3.8, 4) is 0 Å². The summed E-state index contributed by atoms with van der Waals surface area (Å²) in [5, 5.41) is 8.68. The topological polar surface area (TPSA) is 70.5 Å². The smallest absolute Gasteiger partial charge is 0.323 e. The number of aliphatic carboxylic acids is 1. The molecule has 0 aliphatic heterocycles. The first-order valence-electron chi connectivity index (χ1n) is 5.44. The maximum atomic E-state index is 11.9. The molecule has 1 N–H and O–H groups in total. The minimum atomic E-state index is -1.00. The van der Waals surface area contributed by atoms with Gasteiger partial charge in [0.1, 0.15) is 6.54 Å². The number of rotatable bonds is 5. The highest BCUT2D eigenvalue weighted by molar-refractivity contribution is 5.82. The van der Waals surface area contributed by atoms with E-state index < -0.39 is 5.97 Å². The average Bonchev–Trinajstić information content (AvgIpc) is 2.28. The summed E-state index contributed by atoms with van der Waals surface area (Å²) in [5.74, 6) is -1.21. The van der Waals surface area contributed by atoms with Crippen LogP contribution in [0.3, 0.4) is 0 Å². The Labute approximate surface area is 100 Å². The summed E-state index contributed by atoms with van der Waals surface area (Å²) in [4.78, 5) is 27.9. The number of likely N-dealkylation sites (N-methyl/N-ethyl adjacent to an activating group) is 1. The van der Waals surface area contributed by atoms with Crippen molar-refractivity contribution in [1.82, 2.24) is 9.88 Å². The molecule has 1 heterocycles. The van der Waals surface area contributed by atoms with Crippen LogP contribution in [0.4, 0.5) is 0 Å². The zero-order chi connectivity index (χ0) is 12.8. The Morgan fingerprint density at radius 1 is 1.47 bits per heavy atom. The molecule has 0 saturated carbocycles. The average molecular weight is 236 g/mol. The summed E-state index contributed by atoms with van der Waals surface area (Å²) in [7, 11) is 0. The standard InChI is InChI=1S/C12H16N2O3/c1-3-14(8-12(16)17)11(15)7-10-9(2)5-4-6-13-10/h4-6H,3,7-8H2,1-2H3,(H,16,17). The summed E-state index contributed by atoms with van der Waals surface area (Å²) in [6, 6.07) is 3.68. The minimum absolute atomic E-state index is 0.147. The van der Waals surface area contributed by atoms with E-state index in [4.69, 9.17) is 5.11 Å². The number of carbonyl (C=O) groups excluding carboxylic acids is 1. The third-order valence-corrected chi connectivity index (χ3v) is 2.50. The van der Waals surface area contributed by atoms with Crippen molar-refractivity contribution in [2.24, 2.45) is 0 Å². The second kappa shape index (κ2) is 5.98. The summed E-state index contributed by atoms with van der Waals surface area (Å²) < 4.78 is 0. The molecule has 92 valence electrons. The van der Waals surface area contributed by atoms with E-state index in [2.05, 4.69) is 4.98 Å². The highest BCUT2D eigenvalue weighted by Gasteiger charge is 2.16. The lowest BCUT2D eigenvalue weighted by Gasteiger charge is -2.18. The van der Waals surface area contributed by atoms with Gasteiger partial charge in [-0.1, -0.05) is 6.07 Å². The van der Waals surface area contributed by atoms with E-state index in [1.54, 1.807) is 19.2 Å². The van der Waals surface area contributed by atoms with Gasteiger partial charge in [-0.2, -0.15) is 0 Å². The van der Waals surface area contributed by atoms with Gasteiger partial charge >= 0.3 is 5.97 Å². The molecule has 0 aliphatic rings. The van der Waals surface area contributed by atoms with Gasteiger partial charge in [-0.3, -0.25) is 14.6 Å². The molecule has 1 aromatic rings. The fourth-order valence-electron chi connectivity index (χ4n) is 1.50. The predicted molar refractivity (Wildman–Crippen MR) is 62.6 cm³/mol. The van der Waals surface area contributed by atoms with E-state index in [1.807, 2.05) is 13.0 Å². The van der Waals surface area contributed by atoms with Crippen LogP contribution >= 0.6 is 0 Å². The van der Waals surface area contributed by atoms with Crippen molar-refractivity contribution in [2.45, 2.75) is 20.3 Å². The van der Waals surface area contributed by atoms with E-state index in [1.165, 1.54) is 4.90 Å². The Kier molecular flexibility index (Phi) is 4.63. The van der Waals surface area contributed by atoms with Crippen LogP contribution in [-0.4, -0.2) is 40.0 Å². The molecular weight excluding hydrogens is 220 g/mol. The molecule has 1 aromatic heterocycles. The zero-order valence-electron chi connectivity index (χ0n) is 10.0.